The Morgan fingerprint density at radius 3 is 2.07 bits per heavy atom. The number of amides is 1. The zero-order chi connectivity index (χ0) is 11.4. The van der Waals surface area contributed by atoms with E-state index in [9.17, 15) is 4.79 Å². The number of alkyl halides is 1. The smallest absolute Gasteiger partial charge is 0.220 e. The van der Waals surface area contributed by atoms with E-state index in [4.69, 9.17) is 0 Å². The third-order valence-corrected chi connectivity index (χ3v) is 3.97. The fourth-order valence-corrected chi connectivity index (χ4v) is 1.38. The topological polar surface area (TPSA) is 29.1 Å². The van der Waals surface area contributed by atoms with Crippen LogP contribution in [0.4, 0.5) is 0 Å². The molecule has 0 unspecified atom stereocenters. The molecular weight excluding hydrogens is 289 g/mol. The van der Waals surface area contributed by atoms with E-state index >= 15 is 0 Å². The quantitative estimate of drug-likeness (QED) is 0.627. The molecule has 0 fully saturated rings. The van der Waals surface area contributed by atoms with Crippen LogP contribution in [-0.2, 0) is 4.79 Å². The van der Waals surface area contributed by atoms with Crippen LogP contribution >= 0.6 is 22.6 Å². The van der Waals surface area contributed by atoms with Crippen molar-refractivity contribution in [3.63, 3.8) is 0 Å². The van der Waals surface area contributed by atoms with Gasteiger partial charge in [0.2, 0.25) is 5.91 Å². The Morgan fingerprint density at radius 1 is 1.21 bits per heavy atom. The summed E-state index contributed by atoms with van der Waals surface area (Å²) in [5, 5.41) is 2.97. The molecule has 1 N–H and O–H groups in total. The van der Waals surface area contributed by atoms with Gasteiger partial charge in [-0.05, 0) is 32.6 Å². The number of halogens is 1. The van der Waals surface area contributed by atoms with Gasteiger partial charge in [0.05, 0.1) is 0 Å². The molecule has 0 aliphatic rings. The molecule has 2 nitrogen and oxygen atoms in total. The fourth-order valence-electron chi connectivity index (χ4n) is 0.999. The third kappa shape index (κ3) is 7.59. The molecule has 0 spiro atoms. The molecular formula is C11H22INO. The number of hydrogen-bond donors (Lipinski definition) is 1. The van der Waals surface area contributed by atoms with Crippen molar-refractivity contribution < 1.29 is 4.79 Å². The lowest BCUT2D eigenvalue weighted by molar-refractivity contribution is -0.123. The minimum absolute atomic E-state index is 0.106. The number of hydrogen-bond acceptors (Lipinski definition) is 1. The Balaban J connectivity index is 3.87. The fraction of sp³-hybridized carbons (Fsp3) is 0.909. The van der Waals surface area contributed by atoms with Crippen molar-refractivity contribution in [2.75, 3.05) is 4.43 Å². The highest BCUT2D eigenvalue weighted by molar-refractivity contribution is 14.1. The zero-order valence-corrected chi connectivity index (χ0v) is 12.1. The molecule has 0 aromatic heterocycles. The molecule has 0 aliphatic carbocycles. The molecule has 0 aromatic rings. The molecule has 0 rings (SSSR count). The first-order chi connectivity index (χ1) is 6.16. The van der Waals surface area contributed by atoms with Gasteiger partial charge in [-0.15, -0.1) is 0 Å². The van der Waals surface area contributed by atoms with Crippen molar-refractivity contribution >= 4 is 28.5 Å². The molecule has 0 saturated heterocycles. The molecule has 0 saturated carbocycles. The van der Waals surface area contributed by atoms with E-state index in [1.165, 1.54) is 0 Å². The van der Waals surface area contributed by atoms with Gasteiger partial charge in [0.1, 0.15) is 0 Å². The summed E-state index contributed by atoms with van der Waals surface area (Å²) in [4.78, 5) is 11.5. The highest BCUT2D eigenvalue weighted by Gasteiger charge is 2.19. The summed E-state index contributed by atoms with van der Waals surface area (Å²) in [7, 11) is 0. The number of carbonyl (C=O) groups excluding carboxylic acids is 1. The lowest BCUT2D eigenvalue weighted by Gasteiger charge is -2.24. The van der Waals surface area contributed by atoms with E-state index in [0.717, 1.165) is 10.8 Å². The summed E-state index contributed by atoms with van der Waals surface area (Å²) in [5.74, 6) is 0.162. The second kappa shape index (κ2) is 5.33. The van der Waals surface area contributed by atoms with Crippen molar-refractivity contribution in [2.45, 2.75) is 53.0 Å². The standard InChI is InChI=1S/C11H22INO/c1-10(2,3)13-9(14)6-7-11(4,5)8-12/h6-8H2,1-5H3,(H,13,14). The minimum atomic E-state index is -0.106. The van der Waals surface area contributed by atoms with E-state index in [1.807, 2.05) is 20.8 Å². The Hall–Kier alpha value is 0.200. The predicted octanol–water partition coefficient (Wildman–Crippen LogP) is 3.14. The van der Waals surface area contributed by atoms with E-state index < -0.39 is 0 Å². The van der Waals surface area contributed by atoms with Crippen LogP contribution in [-0.4, -0.2) is 15.9 Å². The highest BCUT2D eigenvalue weighted by atomic mass is 127. The van der Waals surface area contributed by atoms with Gasteiger partial charge in [0.25, 0.3) is 0 Å². The lowest BCUT2D eigenvalue weighted by Crippen LogP contribution is -2.40. The minimum Gasteiger partial charge on any atom is -0.352 e. The predicted molar refractivity (Wildman–Crippen MR) is 69.8 cm³/mol. The summed E-state index contributed by atoms with van der Waals surface area (Å²) in [5.41, 5.74) is 0.168. The zero-order valence-electron chi connectivity index (χ0n) is 9.91. The molecule has 0 radical (unpaired) electrons. The summed E-state index contributed by atoms with van der Waals surface area (Å²) in [6, 6.07) is 0. The van der Waals surface area contributed by atoms with Gasteiger partial charge in [0, 0.05) is 16.4 Å². The van der Waals surface area contributed by atoms with Crippen molar-refractivity contribution in [3.8, 4) is 0 Å². The summed E-state index contributed by atoms with van der Waals surface area (Å²) in [6.45, 7) is 10.4. The van der Waals surface area contributed by atoms with Gasteiger partial charge < -0.3 is 5.32 Å². The van der Waals surface area contributed by atoms with Gasteiger partial charge in [-0.25, -0.2) is 0 Å². The average Bonchev–Trinajstić information content (AvgIpc) is 1.98. The van der Waals surface area contributed by atoms with Crippen molar-refractivity contribution in [1.29, 1.82) is 0 Å². The van der Waals surface area contributed by atoms with E-state index in [1.54, 1.807) is 0 Å². The maximum atomic E-state index is 11.5. The van der Waals surface area contributed by atoms with Crippen LogP contribution in [0, 0.1) is 5.41 Å². The van der Waals surface area contributed by atoms with Gasteiger partial charge in [-0.2, -0.15) is 0 Å². The average molecular weight is 311 g/mol. The van der Waals surface area contributed by atoms with Crippen molar-refractivity contribution in [3.05, 3.63) is 0 Å². The highest BCUT2D eigenvalue weighted by Crippen LogP contribution is 2.24. The van der Waals surface area contributed by atoms with Gasteiger partial charge >= 0.3 is 0 Å². The van der Waals surface area contributed by atoms with Crippen LogP contribution in [0.25, 0.3) is 0 Å². The van der Waals surface area contributed by atoms with Crippen LogP contribution < -0.4 is 5.32 Å². The second-order valence-electron chi connectivity index (χ2n) is 5.60. The number of carbonyl (C=O) groups is 1. The molecule has 84 valence electrons. The first kappa shape index (κ1) is 14.2. The van der Waals surface area contributed by atoms with Crippen molar-refractivity contribution in [1.82, 2.24) is 5.32 Å². The molecule has 0 bridgehead atoms. The molecule has 0 atom stereocenters. The summed E-state index contributed by atoms with van der Waals surface area (Å²) >= 11 is 2.37. The Kier molecular flexibility index (Phi) is 5.41. The molecule has 0 aromatic carbocycles. The van der Waals surface area contributed by atoms with Crippen LogP contribution in [0.3, 0.4) is 0 Å². The molecule has 0 heterocycles. The SMILES string of the molecule is CC(C)(CI)CCC(=O)NC(C)(C)C. The maximum Gasteiger partial charge on any atom is 0.220 e. The van der Waals surface area contributed by atoms with E-state index in [0.29, 0.717) is 6.42 Å². The molecule has 1 amide bonds. The van der Waals surface area contributed by atoms with Crippen LogP contribution in [0.2, 0.25) is 0 Å². The number of rotatable bonds is 4. The Morgan fingerprint density at radius 2 is 1.71 bits per heavy atom. The molecule has 14 heavy (non-hydrogen) atoms. The van der Waals surface area contributed by atoms with Crippen LogP contribution in [0.5, 0.6) is 0 Å². The molecule has 3 heteroatoms. The largest absolute Gasteiger partial charge is 0.352 e. The van der Waals surface area contributed by atoms with Crippen molar-refractivity contribution in [2.24, 2.45) is 5.41 Å². The van der Waals surface area contributed by atoms with Gasteiger partial charge in [0.15, 0.2) is 0 Å². The first-order valence-electron chi connectivity index (χ1n) is 5.03. The second-order valence-corrected chi connectivity index (χ2v) is 6.36. The van der Waals surface area contributed by atoms with E-state index in [2.05, 4.69) is 41.8 Å². The molecule has 0 aliphatic heterocycles. The first-order valence-corrected chi connectivity index (χ1v) is 6.56. The maximum absolute atomic E-state index is 11.5. The Bertz CT molecular complexity index is 194. The van der Waals surface area contributed by atoms with Crippen LogP contribution in [0.15, 0.2) is 0 Å². The summed E-state index contributed by atoms with van der Waals surface area (Å²) < 4.78 is 1.09. The summed E-state index contributed by atoms with van der Waals surface area (Å²) in [6.07, 6.45) is 1.59. The Labute approximate surface area is 101 Å². The van der Waals surface area contributed by atoms with Gasteiger partial charge in [-0.1, -0.05) is 36.4 Å². The monoisotopic (exact) mass is 311 g/mol. The van der Waals surface area contributed by atoms with Crippen LogP contribution in [0.1, 0.15) is 47.5 Å². The normalized spacial score (nSPS) is 12.7. The number of nitrogens with one attached hydrogen (secondary N) is 1. The van der Waals surface area contributed by atoms with E-state index in [-0.39, 0.29) is 16.9 Å². The van der Waals surface area contributed by atoms with Gasteiger partial charge in [-0.3, -0.25) is 4.79 Å². The lowest BCUT2D eigenvalue weighted by atomic mass is 9.90. The third-order valence-electron chi connectivity index (χ3n) is 1.91.